The molecule has 6 heteroatoms. The second kappa shape index (κ2) is 30.5. The van der Waals surface area contributed by atoms with Gasteiger partial charge in [-0.3, -0.25) is 20.2 Å². The maximum Gasteiger partial charge on any atom is 0.306 e. The predicted molar refractivity (Wildman–Crippen MR) is 522 cm³/mol. The van der Waals surface area contributed by atoms with Crippen LogP contribution in [-0.2, 0) is 92.6 Å². The number of piperidine rings is 2. The summed E-state index contributed by atoms with van der Waals surface area (Å²) in [5.74, 6) is -0.300. The van der Waals surface area contributed by atoms with Crippen molar-refractivity contribution in [3.05, 3.63) is 473 Å². The highest BCUT2D eigenvalue weighted by Gasteiger charge is 2.59. The van der Waals surface area contributed by atoms with E-state index in [0.717, 1.165) is 77.0 Å². The van der Waals surface area contributed by atoms with Gasteiger partial charge in [0.2, 0.25) is 0 Å². The Kier molecular flexibility index (Phi) is 18.2. The lowest BCUT2D eigenvalue weighted by atomic mass is 9.63. The van der Waals surface area contributed by atoms with Gasteiger partial charge in [0, 0.05) is 38.5 Å². The van der Waals surface area contributed by atoms with Crippen LogP contribution in [0.2, 0.25) is 0 Å². The third-order valence-corrected chi connectivity index (χ3v) is 32.1. The molecule has 0 bridgehead atoms. The van der Waals surface area contributed by atoms with Gasteiger partial charge in [-0.1, -0.05) is 365 Å². The van der Waals surface area contributed by atoms with Crippen LogP contribution >= 0.6 is 0 Å². The van der Waals surface area contributed by atoms with Crippen molar-refractivity contribution in [2.24, 2.45) is 0 Å². The van der Waals surface area contributed by atoms with E-state index >= 15 is 9.59 Å². The molecule has 130 heavy (non-hydrogen) atoms. The lowest BCUT2D eigenvalue weighted by Gasteiger charge is -2.55. The summed E-state index contributed by atoms with van der Waals surface area (Å²) in [6, 6.07) is 128. The van der Waals surface area contributed by atoms with Gasteiger partial charge in [0.1, 0.15) is 12.2 Å². The molecule has 8 aliphatic carbocycles. The minimum absolute atomic E-state index is 0.150. The molecule has 0 atom stereocenters. The summed E-state index contributed by atoms with van der Waals surface area (Å²) in [6.07, 6.45) is 13.1. The number of fused-ring (bicyclic) bond motifs is 24. The average molecular weight is 1680 g/mol. The SMILES string of the molecule is O=C(CCCCCCCCC(=O)OC1CC(c2cccc3c2Cc2ccccc2-3)(c2cccc3c2Cc2ccccc2-3)NC(c2cccc3c2Cc2ccccc2-3)(c2cccc3c2Cc2ccccc2-3)C1)OC1CC(c2cccc3c2Cc2ccccc2-3)(c2cccc3c2Cc2ccccc2-3)NC(c2cccc3c2Cc2ccccc2-3)(c2cccc3c2Cc2ccccc2-3)C1. The number of carbonyl (C=O) groups excluding carboxylic acids is 2. The number of hydrogen-bond acceptors (Lipinski definition) is 6. The van der Waals surface area contributed by atoms with Gasteiger partial charge in [-0.2, -0.15) is 0 Å². The molecule has 0 saturated carbocycles. The van der Waals surface area contributed by atoms with Crippen molar-refractivity contribution in [1.82, 2.24) is 10.6 Å². The number of unbranched alkanes of at least 4 members (excludes halogenated alkanes) is 5. The van der Waals surface area contributed by atoms with E-state index in [2.05, 4.69) is 340 Å². The molecule has 2 aliphatic heterocycles. The fourth-order valence-corrected chi connectivity index (χ4v) is 26.8. The minimum atomic E-state index is -0.889. The number of esters is 2. The number of ether oxygens (including phenoxy) is 2. The van der Waals surface area contributed by atoms with E-state index in [9.17, 15) is 0 Å². The maximum atomic E-state index is 15.7. The number of benzene rings is 16. The van der Waals surface area contributed by atoms with Crippen LogP contribution in [-0.4, -0.2) is 24.1 Å². The molecular formula is C124H100N2O4. The molecule has 26 rings (SSSR count). The van der Waals surface area contributed by atoms with Crippen LogP contribution in [0.3, 0.4) is 0 Å². The minimum Gasteiger partial charge on any atom is -0.462 e. The third-order valence-electron chi connectivity index (χ3n) is 32.1. The molecule has 0 aromatic heterocycles. The maximum absolute atomic E-state index is 15.7. The summed E-state index contributed by atoms with van der Waals surface area (Å²) in [7, 11) is 0. The molecule has 2 saturated heterocycles. The highest BCUT2D eigenvalue weighted by molar-refractivity contribution is 5.89. The normalized spacial score (nSPS) is 16.5. The monoisotopic (exact) mass is 1680 g/mol. The number of carbonyl (C=O) groups is 2. The Morgan fingerprint density at radius 3 is 0.531 bits per heavy atom. The van der Waals surface area contributed by atoms with Crippen LogP contribution in [0.5, 0.6) is 0 Å². The first-order chi connectivity index (χ1) is 64.1. The van der Waals surface area contributed by atoms with Crippen molar-refractivity contribution in [3.63, 3.8) is 0 Å². The van der Waals surface area contributed by atoms with Gasteiger partial charge in [0.15, 0.2) is 0 Å². The molecule has 2 heterocycles. The molecule has 630 valence electrons. The van der Waals surface area contributed by atoms with Gasteiger partial charge in [-0.05, 0) is 287 Å². The summed E-state index contributed by atoms with van der Waals surface area (Å²) >= 11 is 0. The van der Waals surface area contributed by atoms with E-state index in [-0.39, 0.29) is 11.9 Å². The van der Waals surface area contributed by atoms with E-state index in [0.29, 0.717) is 51.4 Å². The smallest absolute Gasteiger partial charge is 0.306 e. The number of rotatable bonds is 19. The van der Waals surface area contributed by atoms with Crippen molar-refractivity contribution in [1.29, 1.82) is 0 Å². The van der Waals surface area contributed by atoms with Crippen molar-refractivity contribution < 1.29 is 19.1 Å². The second-order valence-electron chi connectivity index (χ2n) is 38.9. The Balaban J connectivity index is 0.521. The van der Waals surface area contributed by atoms with Crippen molar-refractivity contribution in [2.45, 2.75) is 163 Å². The van der Waals surface area contributed by atoms with E-state index < -0.39 is 34.4 Å². The van der Waals surface area contributed by atoms with Crippen LogP contribution in [0.1, 0.15) is 211 Å². The van der Waals surface area contributed by atoms with Crippen molar-refractivity contribution in [2.75, 3.05) is 0 Å². The molecule has 0 spiro atoms. The van der Waals surface area contributed by atoms with Gasteiger partial charge >= 0.3 is 11.9 Å². The Morgan fingerprint density at radius 1 is 0.200 bits per heavy atom. The van der Waals surface area contributed by atoms with E-state index in [1.165, 1.54) is 223 Å². The molecule has 2 N–H and O–H groups in total. The molecule has 10 aliphatic rings. The van der Waals surface area contributed by atoms with Crippen molar-refractivity contribution in [3.8, 4) is 89.0 Å². The molecule has 2 fully saturated rings. The van der Waals surface area contributed by atoms with Crippen LogP contribution < -0.4 is 10.6 Å². The lowest BCUT2D eigenvalue weighted by Crippen LogP contribution is -2.63. The van der Waals surface area contributed by atoms with Gasteiger partial charge < -0.3 is 9.47 Å². The first-order valence-corrected chi connectivity index (χ1v) is 47.8. The fraction of sp³-hybridized carbons (Fsp3) is 0.210. The Morgan fingerprint density at radius 2 is 0.354 bits per heavy atom. The number of nitrogens with one attached hydrogen (secondary N) is 2. The topological polar surface area (TPSA) is 76.7 Å². The summed E-state index contributed by atoms with van der Waals surface area (Å²) in [5.41, 5.74) is 48.2. The molecule has 6 nitrogen and oxygen atoms in total. The Hall–Kier alpha value is -13.6. The summed E-state index contributed by atoms with van der Waals surface area (Å²) < 4.78 is 14.9. The molecular weight excluding hydrogens is 1580 g/mol. The first kappa shape index (κ1) is 77.5. The van der Waals surface area contributed by atoms with Crippen LogP contribution in [0, 0.1) is 0 Å². The lowest BCUT2D eigenvalue weighted by molar-refractivity contribution is -0.154. The summed E-state index contributed by atoms with van der Waals surface area (Å²) in [5, 5.41) is 9.85. The van der Waals surface area contributed by atoms with Crippen LogP contribution in [0.25, 0.3) is 89.0 Å². The van der Waals surface area contributed by atoms with E-state index in [4.69, 9.17) is 20.1 Å². The van der Waals surface area contributed by atoms with E-state index in [1.54, 1.807) is 0 Å². The summed E-state index contributed by atoms with van der Waals surface area (Å²) in [6.45, 7) is 0. The molecule has 0 radical (unpaired) electrons. The van der Waals surface area contributed by atoms with Crippen LogP contribution in [0.15, 0.2) is 340 Å². The molecule has 0 unspecified atom stereocenters. The largest absolute Gasteiger partial charge is 0.462 e. The summed E-state index contributed by atoms with van der Waals surface area (Å²) in [4.78, 5) is 31.4. The van der Waals surface area contributed by atoms with Gasteiger partial charge in [0.05, 0.1) is 22.2 Å². The van der Waals surface area contributed by atoms with E-state index in [1.807, 2.05) is 0 Å². The number of hydrogen-bond donors (Lipinski definition) is 2. The zero-order valence-corrected chi connectivity index (χ0v) is 73.3. The standard InChI is InChI=1S/C124H100N2O4/c127-119(129-85-73-121(111-55-23-47-95-87-39-15-7-31-77(87)65-103(95)111,112-56-24-48-96-88-40-16-8-32-78(88)66-104(96)112)125-122(74-85,113-57-25-49-97-89-41-17-9-33-79(89)67-105(97)113)114-58-26-50-98-90-42-18-10-34-80(90)68-106(98)114)63-5-3-1-2-4-6-64-120(128)130-86-75-123(115-59-27-51-99-91-43-19-11-35-81(91)69-107(99)115,116-60-28-52-100-92-44-20-12-36-82(92)70-108(100)116)126-124(76-86,117-61-29-53-101-93-45-21-13-37-83(93)71-109(101)117)118-62-30-54-102-94-46-22-14-38-84(94)72-110(102)118/h7-62,85-86,125-126H,1-6,63-76H2. The Bertz CT molecular complexity index is 6200. The predicted octanol–water partition coefficient (Wildman–Crippen LogP) is 27.0. The quantitative estimate of drug-likeness (QED) is 0.0621. The van der Waals surface area contributed by atoms with Crippen LogP contribution in [0.4, 0.5) is 0 Å². The molecule has 16 aromatic carbocycles. The highest BCUT2D eigenvalue weighted by atomic mass is 16.5. The molecule has 0 amide bonds. The molecule has 16 aromatic rings. The average Bonchev–Trinajstić information content (AvgIpc) is 1.33. The highest BCUT2D eigenvalue weighted by Crippen LogP contribution is 2.62. The zero-order chi connectivity index (χ0) is 86.0. The van der Waals surface area contributed by atoms with Gasteiger partial charge in [0.25, 0.3) is 0 Å². The third kappa shape index (κ3) is 12.0. The fourth-order valence-electron chi connectivity index (χ4n) is 26.8. The zero-order valence-electron chi connectivity index (χ0n) is 73.3. The second-order valence-corrected chi connectivity index (χ2v) is 38.9. The van der Waals surface area contributed by atoms with Gasteiger partial charge in [-0.15, -0.1) is 0 Å². The first-order valence-electron chi connectivity index (χ1n) is 47.8. The van der Waals surface area contributed by atoms with Crippen molar-refractivity contribution >= 4 is 11.9 Å². The van der Waals surface area contributed by atoms with Gasteiger partial charge in [-0.25, -0.2) is 0 Å². The Labute approximate surface area is 761 Å².